The second kappa shape index (κ2) is 69.1. The maximum atomic E-state index is 13.1. The average Bonchev–Trinajstić information content (AvgIpc) is 1.62. The minimum absolute atomic E-state index is 1.03. The van der Waals surface area contributed by atoms with Gasteiger partial charge < -0.3 is 5.53 Å². The molecule has 0 saturated carbocycles. The molecule has 0 amide bonds. The molecule has 2 aromatic rings. The Labute approximate surface area is 628 Å². The number of unbranched alkanes of at least 4 members (excludes halogenated alkanes) is 50. The molecule has 0 atom stereocenters. The zero-order valence-corrected chi connectivity index (χ0v) is 70.0. The minimum Gasteiger partial charge on any atom is -0.493 e. The molecular formula is C96H174N2Ni. The fourth-order valence-corrected chi connectivity index (χ4v) is 17.0. The van der Waals surface area contributed by atoms with Gasteiger partial charge in [0.2, 0.25) is 11.4 Å². The molecule has 0 fully saturated rings. The molecule has 1 aliphatic heterocycles. The third kappa shape index (κ3) is 45.9. The van der Waals surface area contributed by atoms with E-state index in [2.05, 4.69) is 93.5 Å². The van der Waals surface area contributed by atoms with Crippen molar-refractivity contribution in [1.82, 2.24) is 0 Å². The van der Waals surface area contributed by atoms with Crippen molar-refractivity contribution in [3.8, 4) is 0 Å². The van der Waals surface area contributed by atoms with E-state index in [9.17, 15) is 5.53 Å². The van der Waals surface area contributed by atoms with Crippen molar-refractivity contribution in [3.63, 3.8) is 0 Å². The van der Waals surface area contributed by atoms with Crippen LogP contribution in [-0.4, -0.2) is 4.70 Å². The third-order valence-corrected chi connectivity index (χ3v) is 23.6. The van der Waals surface area contributed by atoms with Crippen molar-refractivity contribution >= 4 is 11.4 Å². The summed E-state index contributed by atoms with van der Waals surface area (Å²) in [5.74, 6) is 0. The Morgan fingerprint density at radius 2 is 0.394 bits per heavy atom. The van der Waals surface area contributed by atoms with E-state index in [0.29, 0.717) is 0 Å². The number of nitrogens with zero attached hydrogens (tertiary/aromatic N) is 2. The molecule has 0 aliphatic carbocycles. The molecule has 578 valence electrons. The normalized spacial score (nSPS) is 12.6. The van der Waals surface area contributed by atoms with E-state index in [0.717, 1.165) is 75.6 Å². The van der Waals surface area contributed by atoms with Gasteiger partial charge in [-0.25, -0.2) is 4.70 Å². The molecule has 99 heavy (non-hydrogen) atoms. The van der Waals surface area contributed by atoms with Crippen molar-refractivity contribution in [2.75, 3.05) is 0 Å². The van der Waals surface area contributed by atoms with Gasteiger partial charge in [-0.3, -0.25) is 0 Å². The Balaban J connectivity index is 0.000000770. The Kier molecular flexibility index (Phi) is 65.0. The Hall–Kier alpha value is -1.99. The van der Waals surface area contributed by atoms with Crippen LogP contribution in [0.25, 0.3) is 16.9 Å². The first-order valence-corrected chi connectivity index (χ1v) is 47.0. The van der Waals surface area contributed by atoms with Crippen LogP contribution in [0.3, 0.4) is 0 Å². The van der Waals surface area contributed by atoms with Crippen molar-refractivity contribution in [2.24, 2.45) is 0 Å². The molecule has 3 heteroatoms. The van der Waals surface area contributed by atoms with Gasteiger partial charge in [-0.1, -0.05) is 262 Å². The summed E-state index contributed by atoms with van der Waals surface area (Å²) >= 11 is 2.04. The van der Waals surface area contributed by atoms with Crippen LogP contribution in [0, 0.1) is 0 Å². The van der Waals surface area contributed by atoms with E-state index < -0.39 is 0 Å². The van der Waals surface area contributed by atoms with Gasteiger partial charge in [-0.05, 0) is 160 Å². The molecule has 2 nitrogen and oxygen atoms in total. The summed E-state index contributed by atoms with van der Waals surface area (Å²) in [7, 11) is 0. The van der Waals surface area contributed by atoms with Crippen LogP contribution in [0.4, 0.5) is 0 Å². The average molecular weight is 1420 g/mol. The van der Waals surface area contributed by atoms with E-state index >= 15 is 0 Å². The molecule has 0 bridgehead atoms. The topological polar surface area (TPSA) is 25.3 Å². The second-order valence-electron chi connectivity index (χ2n) is 31.7. The standard InChI is InChI=1S/C60H100N2.2C18H37.Ni/c1-9-17-25-31-37-49-45-53(46-50(38-32-26-18-10-2)55(49)43-35-29-21-13-5)59-57(41-23-15-7)58(42-24-16-8)60(62(59)61)54-47-51(39-33-27-19-11-3)56(44-36-30-22-14-6)52(48-54)40-34-28-20-12-4;2*1-3-5-7-9-11-13-15-17-18-16-14-12-10-8-6-4-2;/h45-48H,9-44H2,1-8H3;2*1,3-18H2,2H3;. The molecule has 2 aromatic carbocycles. The van der Waals surface area contributed by atoms with E-state index in [1.165, 1.54) is 405 Å². The first kappa shape index (κ1) is 93.1. The van der Waals surface area contributed by atoms with E-state index in [1.807, 2.05) is 14.4 Å². The first-order valence-electron chi connectivity index (χ1n) is 45.6. The number of aryl methyl sites for hydroxylation is 4. The summed E-state index contributed by atoms with van der Waals surface area (Å²) in [5.41, 5.74) is 30.4. The summed E-state index contributed by atoms with van der Waals surface area (Å²) < 4.78 is 1.76. The predicted molar refractivity (Wildman–Crippen MR) is 445 cm³/mol. The van der Waals surface area contributed by atoms with Crippen LogP contribution < -0.4 is 0 Å². The van der Waals surface area contributed by atoms with Crippen LogP contribution in [0.1, 0.15) is 512 Å². The third-order valence-electron chi connectivity index (χ3n) is 22.3. The fourth-order valence-electron chi connectivity index (χ4n) is 15.8. The van der Waals surface area contributed by atoms with Crippen molar-refractivity contribution < 1.29 is 19.1 Å². The summed E-state index contributed by atoms with van der Waals surface area (Å²) in [5, 5.41) is 2.87. The zero-order chi connectivity index (χ0) is 71.5. The van der Waals surface area contributed by atoms with Crippen LogP contribution >= 0.6 is 0 Å². The number of allylic oxidation sites excluding steroid dienone is 2. The quantitative estimate of drug-likeness (QED) is 0.0358. The number of benzene rings is 2. The van der Waals surface area contributed by atoms with Gasteiger partial charge in [0.15, 0.2) is 0 Å². The molecule has 1 heterocycles. The first-order chi connectivity index (χ1) is 48.8. The van der Waals surface area contributed by atoms with Gasteiger partial charge in [-0.15, -0.1) is 0 Å². The minimum atomic E-state index is 1.03. The number of rotatable bonds is 72. The molecular weight excluding hydrogens is 1240 g/mol. The molecule has 3 rings (SSSR count). The summed E-state index contributed by atoms with van der Waals surface area (Å²) in [4.78, 5) is 0. The van der Waals surface area contributed by atoms with Crippen LogP contribution in [0.2, 0.25) is 10.8 Å². The van der Waals surface area contributed by atoms with Crippen molar-refractivity contribution in [2.45, 2.75) is 517 Å². The van der Waals surface area contributed by atoms with Gasteiger partial charge in [-0.2, -0.15) is 0 Å². The molecule has 1 aliphatic rings. The van der Waals surface area contributed by atoms with Gasteiger partial charge in [0.25, 0.3) is 0 Å². The summed E-state index contributed by atoms with van der Waals surface area (Å²) in [6, 6.07) is 10.3. The van der Waals surface area contributed by atoms with Gasteiger partial charge >= 0.3 is 166 Å². The summed E-state index contributed by atoms with van der Waals surface area (Å²) in [6.07, 6.45) is 92.1. The predicted octanol–water partition coefficient (Wildman–Crippen LogP) is 34.4. The van der Waals surface area contributed by atoms with E-state index in [4.69, 9.17) is 0 Å². The van der Waals surface area contributed by atoms with E-state index in [-0.39, 0.29) is 0 Å². The molecule has 0 spiro atoms. The monoisotopic (exact) mass is 1410 g/mol. The number of hydrogen-bond acceptors (Lipinski definition) is 0. The van der Waals surface area contributed by atoms with Gasteiger partial charge in [0.05, 0.1) is 0 Å². The van der Waals surface area contributed by atoms with Crippen molar-refractivity contribution in [3.05, 3.63) is 85.5 Å². The fraction of sp³-hybridized carbons (Fsp3) is 0.833. The SMILES string of the molecule is CCCCCCCCCCCCCCCCC[CH2][Ni][CH2]CCCCCCCCCCCCCCCCC.CCCCCCc1cc(C2=C(CCCC)C(CCCC)=C(c3cc(CCCCCC)c(CCCCCC)c(CCCCCC)c3)[N+]2=[N-])cc(CCCCCC)c1CCCCCC. The molecule has 0 aromatic heterocycles. The Morgan fingerprint density at radius 3 is 0.606 bits per heavy atom. The van der Waals surface area contributed by atoms with Crippen LogP contribution in [0.5, 0.6) is 0 Å². The van der Waals surface area contributed by atoms with E-state index in [1.54, 1.807) is 38.1 Å². The molecule has 0 saturated heterocycles. The maximum absolute atomic E-state index is 13.1. The van der Waals surface area contributed by atoms with Crippen LogP contribution in [-0.2, 0) is 53.0 Å². The second-order valence-corrected chi connectivity index (χ2v) is 33.1. The van der Waals surface area contributed by atoms with Crippen molar-refractivity contribution in [1.29, 1.82) is 0 Å². The van der Waals surface area contributed by atoms with Gasteiger partial charge in [0.1, 0.15) is 0 Å². The zero-order valence-electron chi connectivity index (χ0n) is 69.0. The molecule has 0 N–H and O–H groups in total. The number of hydrogen-bond donors (Lipinski definition) is 0. The smallest absolute Gasteiger partial charge is 0.493 e. The van der Waals surface area contributed by atoms with Gasteiger partial charge in [0, 0.05) is 22.3 Å². The molecule has 0 radical (unpaired) electrons. The Bertz CT molecular complexity index is 1990. The summed E-state index contributed by atoms with van der Waals surface area (Å²) in [6.45, 7) is 23.3. The molecule has 0 unspecified atom stereocenters. The Morgan fingerprint density at radius 1 is 0.212 bits per heavy atom. The van der Waals surface area contributed by atoms with Crippen LogP contribution in [0.15, 0.2) is 35.4 Å².